The average Bonchev–Trinajstić information content (AvgIpc) is 3.45. The third kappa shape index (κ3) is 3.81. The normalized spacial score (nSPS) is 10.6. The van der Waals surface area contributed by atoms with Crippen molar-refractivity contribution in [1.82, 2.24) is 10.1 Å². The van der Waals surface area contributed by atoms with E-state index in [1.807, 2.05) is 6.07 Å². The summed E-state index contributed by atoms with van der Waals surface area (Å²) in [5, 5.41) is 6.80. The predicted octanol–water partition coefficient (Wildman–Crippen LogP) is 4.27. The van der Waals surface area contributed by atoms with Crippen molar-refractivity contribution in [2.24, 2.45) is 0 Å². The molecule has 1 amide bonds. The molecule has 4 aromatic rings. The Balaban J connectivity index is 1.63. The summed E-state index contributed by atoms with van der Waals surface area (Å²) >= 11 is 0. The first-order valence-corrected chi connectivity index (χ1v) is 8.69. The molecule has 8 heteroatoms. The number of hydrogen-bond donors (Lipinski definition) is 1. The Morgan fingerprint density at radius 3 is 2.45 bits per heavy atom. The summed E-state index contributed by atoms with van der Waals surface area (Å²) in [4.78, 5) is 17.2. The molecule has 29 heavy (non-hydrogen) atoms. The fraction of sp³-hybridized carbons (Fsp3) is 0.0952. The number of methoxy groups -OCH3 is 2. The molecule has 0 fully saturated rings. The van der Waals surface area contributed by atoms with Crippen LogP contribution < -0.4 is 14.8 Å². The van der Waals surface area contributed by atoms with Crippen molar-refractivity contribution in [2.75, 3.05) is 19.5 Å². The number of carbonyl (C=O) groups excluding carboxylic acids is 1. The zero-order chi connectivity index (χ0) is 20.2. The molecule has 0 radical (unpaired) electrons. The van der Waals surface area contributed by atoms with Crippen LogP contribution in [-0.4, -0.2) is 30.3 Å². The number of nitrogens with one attached hydrogen (secondary N) is 1. The molecule has 2 aromatic heterocycles. The number of benzene rings is 2. The number of rotatable bonds is 6. The van der Waals surface area contributed by atoms with E-state index >= 15 is 0 Å². The molecule has 1 N–H and O–H groups in total. The molecule has 0 saturated heterocycles. The van der Waals surface area contributed by atoms with E-state index in [1.165, 1.54) is 20.5 Å². The van der Waals surface area contributed by atoms with Crippen LogP contribution in [0.1, 0.15) is 10.4 Å². The second kappa shape index (κ2) is 7.89. The first-order chi connectivity index (χ1) is 14.2. The minimum atomic E-state index is -0.333. The van der Waals surface area contributed by atoms with E-state index in [2.05, 4.69) is 15.5 Å². The van der Waals surface area contributed by atoms with E-state index in [0.717, 1.165) is 0 Å². The van der Waals surface area contributed by atoms with Crippen LogP contribution in [0, 0.1) is 0 Å². The first kappa shape index (κ1) is 18.3. The van der Waals surface area contributed by atoms with Gasteiger partial charge in [0.1, 0.15) is 11.5 Å². The Labute approximate surface area is 166 Å². The number of nitrogens with zero attached hydrogens (tertiary/aromatic N) is 2. The zero-order valence-corrected chi connectivity index (χ0v) is 15.7. The summed E-state index contributed by atoms with van der Waals surface area (Å²) in [5.41, 5.74) is 1.49. The van der Waals surface area contributed by atoms with Gasteiger partial charge >= 0.3 is 0 Å². The van der Waals surface area contributed by atoms with Gasteiger partial charge in [0.15, 0.2) is 5.76 Å². The van der Waals surface area contributed by atoms with Crippen molar-refractivity contribution in [2.45, 2.75) is 0 Å². The maximum atomic E-state index is 12.8. The van der Waals surface area contributed by atoms with Gasteiger partial charge in [-0.15, -0.1) is 0 Å². The molecule has 2 aromatic carbocycles. The largest absolute Gasteiger partial charge is 0.497 e. The van der Waals surface area contributed by atoms with Crippen LogP contribution in [-0.2, 0) is 0 Å². The molecule has 0 aliphatic heterocycles. The second-order valence-electron chi connectivity index (χ2n) is 6.00. The predicted molar refractivity (Wildman–Crippen MR) is 105 cm³/mol. The Hall–Kier alpha value is -4.07. The number of amides is 1. The van der Waals surface area contributed by atoms with Crippen LogP contribution in [0.5, 0.6) is 11.5 Å². The van der Waals surface area contributed by atoms with E-state index in [1.54, 1.807) is 48.5 Å². The van der Waals surface area contributed by atoms with E-state index in [9.17, 15) is 4.79 Å². The van der Waals surface area contributed by atoms with E-state index in [0.29, 0.717) is 39.9 Å². The molecule has 0 saturated carbocycles. The van der Waals surface area contributed by atoms with E-state index in [4.69, 9.17) is 18.4 Å². The van der Waals surface area contributed by atoms with Crippen molar-refractivity contribution >= 4 is 11.6 Å². The summed E-state index contributed by atoms with van der Waals surface area (Å²) in [6, 6.07) is 15.6. The average molecular weight is 391 g/mol. The second-order valence-corrected chi connectivity index (χ2v) is 6.00. The molecule has 0 aliphatic carbocycles. The highest BCUT2D eigenvalue weighted by molar-refractivity contribution is 6.06. The van der Waals surface area contributed by atoms with Crippen molar-refractivity contribution in [3.8, 4) is 34.5 Å². The molecule has 0 spiro atoms. The van der Waals surface area contributed by atoms with Crippen molar-refractivity contribution in [3.05, 3.63) is 66.4 Å². The van der Waals surface area contributed by atoms with Crippen LogP contribution >= 0.6 is 0 Å². The lowest BCUT2D eigenvalue weighted by atomic mass is 10.1. The zero-order valence-electron chi connectivity index (χ0n) is 15.7. The molecule has 0 unspecified atom stereocenters. The minimum Gasteiger partial charge on any atom is -0.497 e. The topological polar surface area (TPSA) is 99.6 Å². The van der Waals surface area contributed by atoms with Crippen molar-refractivity contribution in [3.63, 3.8) is 0 Å². The molecule has 0 atom stereocenters. The Bertz CT molecular complexity index is 1110. The summed E-state index contributed by atoms with van der Waals surface area (Å²) in [7, 11) is 3.05. The van der Waals surface area contributed by atoms with E-state index in [-0.39, 0.29) is 11.8 Å². The Kier molecular flexibility index (Phi) is 4.98. The molecule has 146 valence electrons. The fourth-order valence-electron chi connectivity index (χ4n) is 2.75. The highest BCUT2D eigenvalue weighted by Crippen LogP contribution is 2.30. The molecule has 0 aliphatic rings. The quantitative estimate of drug-likeness (QED) is 0.524. The Morgan fingerprint density at radius 1 is 1.00 bits per heavy atom. The van der Waals surface area contributed by atoms with Gasteiger partial charge in [0.05, 0.1) is 31.7 Å². The summed E-state index contributed by atoms with van der Waals surface area (Å²) in [6.45, 7) is 0. The third-order valence-corrected chi connectivity index (χ3v) is 4.19. The van der Waals surface area contributed by atoms with Gasteiger partial charge in [0, 0.05) is 11.6 Å². The summed E-state index contributed by atoms with van der Waals surface area (Å²) < 4.78 is 21.1. The number of para-hydroxylation sites is 1. The maximum absolute atomic E-state index is 12.8. The minimum absolute atomic E-state index is 0.260. The SMILES string of the molecule is COc1cc(OC)cc(C(=O)Nc2ccccc2-c2nc(-c3ccco3)no2)c1. The van der Waals surface area contributed by atoms with Gasteiger partial charge in [0.2, 0.25) is 5.82 Å². The van der Waals surface area contributed by atoms with Gasteiger partial charge in [0.25, 0.3) is 11.8 Å². The highest BCUT2D eigenvalue weighted by Gasteiger charge is 2.17. The summed E-state index contributed by atoms with van der Waals surface area (Å²) in [6.07, 6.45) is 1.53. The van der Waals surface area contributed by atoms with Gasteiger partial charge in [-0.1, -0.05) is 17.3 Å². The molecule has 4 rings (SSSR count). The van der Waals surface area contributed by atoms with Crippen LogP contribution in [0.15, 0.2) is 69.8 Å². The lowest BCUT2D eigenvalue weighted by Crippen LogP contribution is -2.13. The number of ether oxygens (including phenoxy) is 2. The monoisotopic (exact) mass is 391 g/mol. The fourth-order valence-corrected chi connectivity index (χ4v) is 2.75. The smallest absolute Gasteiger partial charge is 0.260 e. The number of hydrogen-bond acceptors (Lipinski definition) is 7. The summed E-state index contributed by atoms with van der Waals surface area (Å²) in [5.74, 6) is 1.77. The lowest BCUT2D eigenvalue weighted by Gasteiger charge is -2.11. The van der Waals surface area contributed by atoms with Crippen LogP contribution in [0.4, 0.5) is 5.69 Å². The van der Waals surface area contributed by atoms with Gasteiger partial charge in [-0.2, -0.15) is 4.98 Å². The third-order valence-electron chi connectivity index (χ3n) is 4.19. The number of carbonyl (C=O) groups is 1. The Morgan fingerprint density at radius 2 is 1.76 bits per heavy atom. The number of furan rings is 1. The van der Waals surface area contributed by atoms with Crippen molar-refractivity contribution in [1.29, 1.82) is 0 Å². The van der Waals surface area contributed by atoms with Gasteiger partial charge in [-0.25, -0.2) is 0 Å². The number of anilines is 1. The van der Waals surface area contributed by atoms with Gasteiger partial charge in [-0.3, -0.25) is 4.79 Å². The number of aromatic nitrogens is 2. The maximum Gasteiger partial charge on any atom is 0.260 e. The van der Waals surface area contributed by atoms with Crippen LogP contribution in [0.3, 0.4) is 0 Å². The molecule has 2 heterocycles. The van der Waals surface area contributed by atoms with Crippen molar-refractivity contribution < 1.29 is 23.2 Å². The van der Waals surface area contributed by atoms with E-state index < -0.39 is 0 Å². The van der Waals surface area contributed by atoms with Crippen LogP contribution in [0.25, 0.3) is 23.0 Å². The van der Waals surface area contributed by atoms with Gasteiger partial charge < -0.3 is 23.7 Å². The lowest BCUT2D eigenvalue weighted by molar-refractivity contribution is 0.102. The highest BCUT2D eigenvalue weighted by atomic mass is 16.5. The van der Waals surface area contributed by atoms with Crippen LogP contribution in [0.2, 0.25) is 0 Å². The molecule has 0 bridgehead atoms. The standard InChI is InChI=1S/C21H17N3O5/c1-26-14-10-13(11-15(12-14)27-2)20(25)22-17-7-4-3-6-16(17)21-23-19(24-29-21)18-8-5-9-28-18/h3-12H,1-2H3,(H,22,25). The molecular formula is C21H17N3O5. The van der Waals surface area contributed by atoms with Gasteiger partial charge in [-0.05, 0) is 36.4 Å². The first-order valence-electron chi connectivity index (χ1n) is 8.69. The molecule has 8 nitrogen and oxygen atoms in total. The molecular weight excluding hydrogens is 374 g/mol.